The van der Waals surface area contributed by atoms with Gasteiger partial charge in [0.15, 0.2) is 5.78 Å². The number of Topliss-reactive ketones (excluding diaryl/α,β-unsaturated/α-hetero) is 1. The Morgan fingerprint density at radius 2 is 2.15 bits per heavy atom. The van der Waals surface area contributed by atoms with Gasteiger partial charge < -0.3 is 4.57 Å². The van der Waals surface area contributed by atoms with Gasteiger partial charge in [0.1, 0.15) is 5.82 Å². The molecule has 0 saturated heterocycles. The lowest BCUT2D eigenvalue weighted by atomic mass is 10.0. The minimum atomic E-state index is 0.176. The first-order valence-electron chi connectivity index (χ1n) is 7.43. The number of nitrogens with zero attached hydrogens (tertiary/aromatic N) is 2. The normalized spacial score (nSPS) is 13.4. The van der Waals surface area contributed by atoms with Crippen LogP contribution >= 0.6 is 0 Å². The van der Waals surface area contributed by atoms with Gasteiger partial charge in [-0.15, -0.1) is 0 Å². The maximum absolute atomic E-state index is 12.4. The predicted octanol–water partition coefficient (Wildman–Crippen LogP) is 3.21. The van der Waals surface area contributed by atoms with E-state index in [1.165, 1.54) is 17.5 Å². The number of carbonyl (C=O) groups is 1. The molecular formula is C17H20N2O. The number of hydrogen-bond donors (Lipinski definition) is 0. The molecule has 0 fully saturated rings. The van der Waals surface area contributed by atoms with Crippen LogP contribution in [-0.2, 0) is 25.8 Å². The number of hydrogen-bond acceptors (Lipinski definition) is 2. The maximum Gasteiger partial charge on any atom is 0.182 e. The van der Waals surface area contributed by atoms with E-state index in [1.54, 1.807) is 6.20 Å². The number of ketones is 1. The highest BCUT2D eigenvalue weighted by atomic mass is 16.1. The molecule has 2 aromatic rings. The van der Waals surface area contributed by atoms with Crippen molar-refractivity contribution in [3.05, 3.63) is 53.1 Å². The Morgan fingerprint density at radius 3 is 3.00 bits per heavy atom. The van der Waals surface area contributed by atoms with Crippen molar-refractivity contribution in [2.75, 3.05) is 0 Å². The number of imidazole rings is 1. The van der Waals surface area contributed by atoms with Gasteiger partial charge in [-0.05, 0) is 42.9 Å². The molecule has 0 spiro atoms. The topological polar surface area (TPSA) is 34.9 Å². The third-order valence-electron chi connectivity index (χ3n) is 4.01. The van der Waals surface area contributed by atoms with E-state index < -0.39 is 0 Å². The van der Waals surface area contributed by atoms with Gasteiger partial charge in [0.25, 0.3) is 0 Å². The molecule has 0 atom stereocenters. The minimum absolute atomic E-state index is 0.176. The molecule has 0 unspecified atom stereocenters. The molecule has 0 saturated carbocycles. The van der Waals surface area contributed by atoms with Crippen LogP contribution in [0.15, 0.2) is 30.6 Å². The molecule has 0 N–H and O–H groups in total. The summed E-state index contributed by atoms with van der Waals surface area (Å²) in [5.74, 6) is 1.18. The Morgan fingerprint density at radius 1 is 1.30 bits per heavy atom. The van der Waals surface area contributed by atoms with Crippen LogP contribution in [0.5, 0.6) is 0 Å². The minimum Gasteiger partial charge on any atom is -0.327 e. The molecule has 1 aromatic heterocycles. The van der Waals surface area contributed by atoms with E-state index >= 15 is 0 Å². The number of benzene rings is 1. The van der Waals surface area contributed by atoms with Crippen molar-refractivity contribution in [1.29, 1.82) is 0 Å². The van der Waals surface area contributed by atoms with E-state index in [2.05, 4.69) is 24.0 Å². The largest absolute Gasteiger partial charge is 0.327 e. The highest BCUT2D eigenvalue weighted by Crippen LogP contribution is 2.23. The third kappa shape index (κ3) is 2.53. The maximum atomic E-state index is 12.4. The molecule has 1 aromatic carbocycles. The SMILES string of the molecule is CCCc1nccn1CC(=O)c1ccc2c(c1)CCC2. The Kier molecular flexibility index (Phi) is 3.68. The molecule has 20 heavy (non-hydrogen) atoms. The number of aromatic nitrogens is 2. The van der Waals surface area contributed by atoms with Gasteiger partial charge in [0.2, 0.25) is 0 Å². The zero-order chi connectivity index (χ0) is 13.9. The molecule has 1 heterocycles. The Balaban J connectivity index is 1.77. The molecule has 3 heteroatoms. The molecule has 3 rings (SSSR count). The molecule has 0 bridgehead atoms. The second kappa shape index (κ2) is 5.61. The quantitative estimate of drug-likeness (QED) is 0.780. The van der Waals surface area contributed by atoms with Gasteiger partial charge in [-0.2, -0.15) is 0 Å². The number of aryl methyl sites for hydroxylation is 3. The second-order valence-electron chi connectivity index (χ2n) is 5.48. The fraction of sp³-hybridized carbons (Fsp3) is 0.412. The molecule has 1 aliphatic carbocycles. The van der Waals surface area contributed by atoms with Crippen molar-refractivity contribution in [3.8, 4) is 0 Å². The van der Waals surface area contributed by atoms with Gasteiger partial charge in [0.05, 0.1) is 6.54 Å². The van der Waals surface area contributed by atoms with E-state index in [0.29, 0.717) is 6.54 Å². The molecule has 0 aliphatic heterocycles. The van der Waals surface area contributed by atoms with E-state index in [0.717, 1.165) is 37.1 Å². The molecule has 3 nitrogen and oxygen atoms in total. The number of rotatable bonds is 5. The first-order chi connectivity index (χ1) is 9.78. The standard InChI is InChI=1S/C17H20N2O/c1-2-4-17-18-9-10-19(17)12-16(20)15-8-7-13-5-3-6-14(13)11-15/h7-11H,2-6,12H2,1H3. The zero-order valence-corrected chi connectivity index (χ0v) is 11.9. The summed E-state index contributed by atoms with van der Waals surface area (Å²) in [5.41, 5.74) is 3.60. The van der Waals surface area contributed by atoms with Crippen LogP contribution in [0.1, 0.15) is 47.1 Å². The van der Waals surface area contributed by atoms with Crippen LogP contribution in [0, 0.1) is 0 Å². The van der Waals surface area contributed by atoms with Crippen LogP contribution in [-0.4, -0.2) is 15.3 Å². The van der Waals surface area contributed by atoms with Crippen molar-refractivity contribution in [3.63, 3.8) is 0 Å². The molecule has 104 valence electrons. The number of fused-ring (bicyclic) bond motifs is 1. The fourth-order valence-electron chi connectivity index (χ4n) is 2.93. The summed E-state index contributed by atoms with van der Waals surface area (Å²) >= 11 is 0. The lowest BCUT2D eigenvalue weighted by Gasteiger charge is -2.08. The van der Waals surface area contributed by atoms with Gasteiger partial charge in [-0.3, -0.25) is 4.79 Å². The van der Waals surface area contributed by atoms with Crippen LogP contribution < -0.4 is 0 Å². The summed E-state index contributed by atoms with van der Waals surface area (Å²) in [4.78, 5) is 16.7. The van der Waals surface area contributed by atoms with Gasteiger partial charge in [-0.25, -0.2) is 4.98 Å². The second-order valence-corrected chi connectivity index (χ2v) is 5.48. The average Bonchev–Trinajstić information content (AvgIpc) is 3.07. The zero-order valence-electron chi connectivity index (χ0n) is 11.9. The smallest absolute Gasteiger partial charge is 0.182 e. The van der Waals surface area contributed by atoms with Crippen LogP contribution in [0.3, 0.4) is 0 Å². The van der Waals surface area contributed by atoms with Crippen molar-refractivity contribution in [1.82, 2.24) is 9.55 Å². The van der Waals surface area contributed by atoms with E-state index in [1.807, 2.05) is 16.8 Å². The van der Waals surface area contributed by atoms with Gasteiger partial charge >= 0.3 is 0 Å². The number of carbonyl (C=O) groups excluding carboxylic acids is 1. The molecular weight excluding hydrogens is 248 g/mol. The first-order valence-corrected chi connectivity index (χ1v) is 7.43. The Hall–Kier alpha value is -1.90. The molecule has 0 amide bonds. The van der Waals surface area contributed by atoms with Crippen molar-refractivity contribution in [2.45, 2.75) is 45.6 Å². The van der Waals surface area contributed by atoms with Crippen molar-refractivity contribution >= 4 is 5.78 Å². The highest BCUT2D eigenvalue weighted by molar-refractivity contribution is 5.96. The molecule has 1 aliphatic rings. The third-order valence-corrected chi connectivity index (χ3v) is 4.01. The van der Waals surface area contributed by atoms with Crippen molar-refractivity contribution in [2.24, 2.45) is 0 Å². The van der Waals surface area contributed by atoms with E-state index in [9.17, 15) is 4.79 Å². The van der Waals surface area contributed by atoms with E-state index in [4.69, 9.17) is 0 Å². The summed E-state index contributed by atoms with van der Waals surface area (Å²) in [6, 6.07) is 6.18. The summed E-state index contributed by atoms with van der Waals surface area (Å²) in [7, 11) is 0. The van der Waals surface area contributed by atoms with Crippen LogP contribution in [0.25, 0.3) is 0 Å². The van der Waals surface area contributed by atoms with Gasteiger partial charge in [0, 0.05) is 24.4 Å². The Bertz CT molecular complexity index is 628. The fourth-order valence-corrected chi connectivity index (χ4v) is 2.93. The summed E-state index contributed by atoms with van der Waals surface area (Å²) in [6.07, 6.45) is 9.13. The Labute approximate surface area is 119 Å². The summed E-state index contributed by atoms with van der Waals surface area (Å²) < 4.78 is 1.97. The predicted molar refractivity (Wildman–Crippen MR) is 79.0 cm³/mol. The monoisotopic (exact) mass is 268 g/mol. The van der Waals surface area contributed by atoms with Crippen molar-refractivity contribution < 1.29 is 4.79 Å². The van der Waals surface area contributed by atoms with Crippen LogP contribution in [0.4, 0.5) is 0 Å². The highest BCUT2D eigenvalue weighted by Gasteiger charge is 2.15. The first kappa shape index (κ1) is 13.1. The van der Waals surface area contributed by atoms with Crippen LogP contribution in [0.2, 0.25) is 0 Å². The summed E-state index contributed by atoms with van der Waals surface area (Å²) in [6.45, 7) is 2.52. The average molecular weight is 268 g/mol. The van der Waals surface area contributed by atoms with E-state index in [-0.39, 0.29) is 5.78 Å². The lowest BCUT2D eigenvalue weighted by Crippen LogP contribution is -2.13. The lowest BCUT2D eigenvalue weighted by molar-refractivity contribution is 0.0971. The summed E-state index contributed by atoms with van der Waals surface area (Å²) in [5, 5.41) is 0. The molecule has 0 radical (unpaired) electrons. The van der Waals surface area contributed by atoms with Gasteiger partial charge in [-0.1, -0.05) is 19.1 Å².